The molecule has 0 amide bonds. The van der Waals surface area contributed by atoms with Gasteiger partial charge in [0.15, 0.2) is 0 Å². The van der Waals surface area contributed by atoms with Crippen molar-refractivity contribution >= 4 is 5.69 Å². The van der Waals surface area contributed by atoms with E-state index in [4.69, 9.17) is 0 Å². The van der Waals surface area contributed by atoms with Crippen LogP contribution in [0.15, 0.2) is 48.8 Å². The molecule has 0 fully saturated rings. The topological polar surface area (TPSA) is 34.2 Å². The lowest BCUT2D eigenvalue weighted by Crippen LogP contribution is -2.11. The molecule has 1 aromatic carbocycles. The largest absolute Gasteiger partial charge is 0.434 e. The maximum Gasteiger partial charge on any atom is 0.387 e. The lowest BCUT2D eigenvalue weighted by molar-refractivity contribution is -0.0505. The Hall–Kier alpha value is -2.17. The van der Waals surface area contributed by atoms with Gasteiger partial charge in [0.05, 0.1) is 11.7 Å². The number of alkyl halides is 2. The fraction of sp³-hybridized carbons (Fsp3) is 0.214. The third-order valence-electron chi connectivity index (χ3n) is 2.65. The molecule has 1 atom stereocenters. The monoisotopic (exact) mass is 264 g/mol. The minimum Gasteiger partial charge on any atom is -0.434 e. The first-order chi connectivity index (χ1) is 9.16. The number of nitrogens with one attached hydrogen (secondary N) is 1. The number of benzene rings is 1. The highest BCUT2D eigenvalue weighted by Crippen LogP contribution is 2.28. The first-order valence-electron chi connectivity index (χ1n) is 5.87. The summed E-state index contributed by atoms with van der Waals surface area (Å²) in [6.45, 7) is -0.951. The highest BCUT2D eigenvalue weighted by molar-refractivity contribution is 5.45. The molecule has 2 rings (SSSR count). The Kier molecular flexibility index (Phi) is 4.28. The molecular formula is C14H14F2N2O. The first kappa shape index (κ1) is 13.3. The third-order valence-corrected chi connectivity index (χ3v) is 2.65. The van der Waals surface area contributed by atoms with E-state index < -0.39 is 6.61 Å². The normalized spacial score (nSPS) is 12.2. The van der Waals surface area contributed by atoms with Gasteiger partial charge < -0.3 is 10.1 Å². The van der Waals surface area contributed by atoms with Gasteiger partial charge in [-0.05, 0) is 25.1 Å². The maximum absolute atomic E-state index is 12.3. The third kappa shape index (κ3) is 3.64. The van der Waals surface area contributed by atoms with Crippen molar-refractivity contribution in [2.45, 2.75) is 19.6 Å². The Morgan fingerprint density at radius 2 is 1.95 bits per heavy atom. The summed E-state index contributed by atoms with van der Waals surface area (Å²) in [5, 5.41) is 3.18. The van der Waals surface area contributed by atoms with Crippen LogP contribution in [0.5, 0.6) is 5.75 Å². The number of aromatic nitrogens is 1. The van der Waals surface area contributed by atoms with E-state index in [0.717, 1.165) is 5.69 Å². The average Bonchev–Trinajstić information content (AvgIpc) is 2.39. The molecule has 3 nitrogen and oxygen atoms in total. The second-order valence-corrected chi connectivity index (χ2v) is 4.02. The van der Waals surface area contributed by atoms with E-state index in [1.807, 2.05) is 13.0 Å². The number of nitrogens with zero attached hydrogens (tertiary/aromatic N) is 1. The highest BCUT2D eigenvalue weighted by Gasteiger charge is 2.14. The van der Waals surface area contributed by atoms with E-state index >= 15 is 0 Å². The van der Waals surface area contributed by atoms with Gasteiger partial charge in [-0.3, -0.25) is 4.98 Å². The van der Waals surface area contributed by atoms with Crippen LogP contribution in [0.25, 0.3) is 0 Å². The van der Waals surface area contributed by atoms with E-state index in [1.54, 1.807) is 36.7 Å². The van der Waals surface area contributed by atoms with Gasteiger partial charge in [-0.1, -0.05) is 18.2 Å². The zero-order chi connectivity index (χ0) is 13.7. The summed E-state index contributed by atoms with van der Waals surface area (Å²) >= 11 is 0. The highest BCUT2D eigenvalue weighted by atomic mass is 19.3. The Bertz CT molecular complexity index is 520. The zero-order valence-electron chi connectivity index (χ0n) is 10.4. The van der Waals surface area contributed by atoms with Gasteiger partial charge in [0.1, 0.15) is 5.75 Å². The Labute approximate surface area is 110 Å². The molecule has 0 aliphatic rings. The SMILES string of the molecule is CC(Nc1cccnc1)c1ccccc1OC(F)F. The van der Waals surface area contributed by atoms with Gasteiger partial charge in [0.2, 0.25) is 0 Å². The van der Waals surface area contributed by atoms with Gasteiger partial charge >= 0.3 is 6.61 Å². The van der Waals surface area contributed by atoms with Crippen molar-refractivity contribution in [3.63, 3.8) is 0 Å². The number of para-hydroxylation sites is 1. The van der Waals surface area contributed by atoms with Crippen LogP contribution in [0, 0.1) is 0 Å². The Morgan fingerprint density at radius 3 is 2.63 bits per heavy atom. The molecular weight excluding hydrogens is 250 g/mol. The van der Waals surface area contributed by atoms with Gasteiger partial charge in [-0.15, -0.1) is 0 Å². The molecule has 0 radical (unpaired) electrons. The van der Waals surface area contributed by atoms with E-state index in [1.165, 1.54) is 6.07 Å². The van der Waals surface area contributed by atoms with E-state index in [0.29, 0.717) is 5.56 Å². The number of hydrogen-bond donors (Lipinski definition) is 1. The molecule has 5 heteroatoms. The van der Waals surface area contributed by atoms with Crippen molar-refractivity contribution in [1.82, 2.24) is 4.98 Å². The van der Waals surface area contributed by atoms with Crippen LogP contribution in [0.1, 0.15) is 18.5 Å². The molecule has 0 spiro atoms. The molecule has 1 aromatic heterocycles. The van der Waals surface area contributed by atoms with Gasteiger partial charge in [-0.2, -0.15) is 8.78 Å². The van der Waals surface area contributed by atoms with Crippen molar-refractivity contribution in [3.8, 4) is 5.75 Å². The molecule has 1 N–H and O–H groups in total. The molecule has 0 aliphatic carbocycles. The summed E-state index contributed by atoms with van der Waals surface area (Å²) in [6.07, 6.45) is 3.34. The summed E-state index contributed by atoms with van der Waals surface area (Å²) in [5.41, 5.74) is 1.49. The van der Waals surface area contributed by atoms with Crippen LogP contribution in [-0.4, -0.2) is 11.6 Å². The van der Waals surface area contributed by atoms with Crippen molar-refractivity contribution in [3.05, 3.63) is 54.4 Å². The number of pyridine rings is 1. The van der Waals surface area contributed by atoms with E-state index in [-0.39, 0.29) is 11.8 Å². The molecule has 0 saturated carbocycles. The fourth-order valence-corrected chi connectivity index (χ4v) is 1.82. The minimum atomic E-state index is -2.83. The molecule has 0 saturated heterocycles. The second kappa shape index (κ2) is 6.13. The lowest BCUT2D eigenvalue weighted by Gasteiger charge is -2.18. The average molecular weight is 264 g/mol. The van der Waals surface area contributed by atoms with Crippen LogP contribution in [0.2, 0.25) is 0 Å². The fourth-order valence-electron chi connectivity index (χ4n) is 1.82. The maximum atomic E-state index is 12.3. The zero-order valence-corrected chi connectivity index (χ0v) is 10.4. The Balaban J connectivity index is 2.16. The molecule has 0 bridgehead atoms. The first-order valence-corrected chi connectivity index (χ1v) is 5.87. The number of hydrogen-bond acceptors (Lipinski definition) is 3. The molecule has 1 unspecified atom stereocenters. The predicted octanol–water partition coefficient (Wildman–Crippen LogP) is 3.86. The van der Waals surface area contributed by atoms with Crippen LogP contribution < -0.4 is 10.1 Å². The van der Waals surface area contributed by atoms with E-state index in [2.05, 4.69) is 15.0 Å². The number of halogens is 2. The summed E-state index contributed by atoms with van der Waals surface area (Å²) in [5.74, 6) is 0.182. The standard InChI is InChI=1S/C14H14F2N2O/c1-10(18-11-5-4-8-17-9-11)12-6-2-3-7-13(12)19-14(15)16/h2-10,14,18H,1H3. The molecule has 19 heavy (non-hydrogen) atoms. The van der Waals surface area contributed by atoms with Crippen LogP contribution >= 0.6 is 0 Å². The second-order valence-electron chi connectivity index (χ2n) is 4.02. The van der Waals surface area contributed by atoms with Gasteiger partial charge in [0, 0.05) is 18.0 Å². The van der Waals surface area contributed by atoms with Crippen molar-refractivity contribution < 1.29 is 13.5 Å². The molecule has 0 aliphatic heterocycles. The van der Waals surface area contributed by atoms with Gasteiger partial charge in [0.25, 0.3) is 0 Å². The number of ether oxygens (including phenoxy) is 1. The lowest BCUT2D eigenvalue weighted by atomic mass is 10.1. The smallest absolute Gasteiger partial charge is 0.387 e. The van der Waals surface area contributed by atoms with Crippen molar-refractivity contribution in [2.24, 2.45) is 0 Å². The van der Waals surface area contributed by atoms with Crippen LogP contribution in [-0.2, 0) is 0 Å². The van der Waals surface area contributed by atoms with Gasteiger partial charge in [-0.25, -0.2) is 0 Å². The predicted molar refractivity (Wildman–Crippen MR) is 69.3 cm³/mol. The molecule has 100 valence electrons. The summed E-state index contributed by atoms with van der Waals surface area (Å²) < 4.78 is 29.2. The minimum absolute atomic E-state index is 0.167. The van der Waals surface area contributed by atoms with Crippen LogP contribution in [0.4, 0.5) is 14.5 Å². The van der Waals surface area contributed by atoms with Crippen molar-refractivity contribution in [1.29, 1.82) is 0 Å². The Morgan fingerprint density at radius 1 is 1.16 bits per heavy atom. The van der Waals surface area contributed by atoms with Crippen molar-refractivity contribution in [2.75, 3.05) is 5.32 Å². The van der Waals surface area contributed by atoms with Crippen LogP contribution in [0.3, 0.4) is 0 Å². The summed E-state index contributed by atoms with van der Waals surface area (Å²) in [7, 11) is 0. The number of rotatable bonds is 5. The summed E-state index contributed by atoms with van der Waals surface area (Å²) in [6, 6.07) is 10.2. The molecule has 1 heterocycles. The van der Waals surface area contributed by atoms with E-state index in [9.17, 15) is 8.78 Å². The molecule has 2 aromatic rings. The quantitative estimate of drug-likeness (QED) is 0.890. The summed E-state index contributed by atoms with van der Waals surface area (Å²) in [4.78, 5) is 3.99. The number of anilines is 1.